The van der Waals surface area contributed by atoms with E-state index in [2.05, 4.69) is 20.4 Å². The normalized spacial score (nSPS) is 17.6. The molecule has 1 amide bonds. The minimum atomic E-state index is -0.215. The first-order valence-corrected chi connectivity index (χ1v) is 8.48. The van der Waals surface area contributed by atoms with Gasteiger partial charge >= 0.3 is 0 Å². The molecule has 0 saturated carbocycles. The lowest BCUT2D eigenvalue weighted by molar-refractivity contribution is -0.136. The molecule has 8 nitrogen and oxygen atoms in total. The average Bonchev–Trinajstić information content (AvgIpc) is 3.00. The molecule has 1 aliphatic heterocycles. The fourth-order valence-electron chi connectivity index (χ4n) is 2.88. The fraction of sp³-hybridized carbons (Fsp3) is 0.529. The Labute approximate surface area is 147 Å². The number of nitrogens with one attached hydrogen (secondary N) is 1. The first kappa shape index (κ1) is 17.3. The van der Waals surface area contributed by atoms with E-state index in [0.29, 0.717) is 32.1 Å². The molecule has 134 valence electrons. The van der Waals surface area contributed by atoms with Crippen molar-refractivity contribution in [3.05, 3.63) is 35.5 Å². The Morgan fingerprint density at radius 2 is 2.24 bits per heavy atom. The number of hydrogen-bond acceptors (Lipinski definition) is 6. The molecular formula is C17H24N6O2. The lowest BCUT2D eigenvalue weighted by atomic mass is 10.2. The SMILES string of the molecule is CC(=O)N1CCOC(c2cc(NCCn3nccc3C)nc(C)n2)C1. The lowest BCUT2D eigenvalue weighted by Gasteiger charge is -2.32. The quantitative estimate of drug-likeness (QED) is 0.880. The Kier molecular flexibility index (Phi) is 5.28. The van der Waals surface area contributed by atoms with Gasteiger partial charge in [-0.15, -0.1) is 0 Å². The third-order valence-corrected chi connectivity index (χ3v) is 4.26. The zero-order chi connectivity index (χ0) is 17.8. The van der Waals surface area contributed by atoms with Crippen molar-refractivity contribution in [2.24, 2.45) is 0 Å². The van der Waals surface area contributed by atoms with E-state index in [9.17, 15) is 4.79 Å². The van der Waals surface area contributed by atoms with Crippen LogP contribution in [0.1, 0.15) is 30.2 Å². The van der Waals surface area contributed by atoms with Crippen molar-refractivity contribution in [2.45, 2.75) is 33.4 Å². The third-order valence-electron chi connectivity index (χ3n) is 4.26. The number of amides is 1. The van der Waals surface area contributed by atoms with E-state index in [1.165, 1.54) is 0 Å². The van der Waals surface area contributed by atoms with E-state index in [0.717, 1.165) is 23.8 Å². The standard InChI is InChI=1S/C17H24N6O2/c1-12-4-5-19-23(12)7-6-18-17-10-15(20-13(2)21-17)16-11-22(14(3)24)8-9-25-16/h4-5,10,16H,6-9,11H2,1-3H3,(H,18,20,21). The number of aryl methyl sites for hydroxylation is 2. The number of aromatic nitrogens is 4. The van der Waals surface area contributed by atoms with Gasteiger partial charge in [-0.1, -0.05) is 0 Å². The number of nitrogens with zero attached hydrogens (tertiary/aromatic N) is 5. The van der Waals surface area contributed by atoms with Crippen molar-refractivity contribution in [1.82, 2.24) is 24.6 Å². The number of ether oxygens (including phenoxy) is 1. The Bertz CT molecular complexity index is 744. The van der Waals surface area contributed by atoms with Crippen molar-refractivity contribution < 1.29 is 9.53 Å². The molecule has 1 fully saturated rings. The molecule has 1 saturated heterocycles. The summed E-state index contributed by atoms with van der Waals surface area (Å²) in [5.74, 6) is 1.50. The summed E-state index contributed by atoms with van der Waals surface area (Å²) in [6.45, 7) is 8.62. The maximum absolute atomic E-state index is 11.6. The number of carbonyl (C=O) groups is 1. The van der Waals surface area contributed by atoms with E-state index in [4.69, 9.17) is 4.74 Å². The van der Waals surface area contributed by atoms with Crippen LogP contribution in [0.5, 0.6) is 0 Å². The van der Waals surface area contributed by atoms with Gasteiger partial charge in [-0.2, -0.15) is 5.10 Å². The molecule has 8 heteroatoms. The van der Waals surface area contributed by atoms with Crippen molar-refractivity contribution >= 4 is 11.7 Å². The Morgan fingerprint density at radius 3 is 2.96 bits per heavy atom. The lowest BCUT2D eigenvalue weighted by Crippen LogP contribution is -2.41. The van der Waals surface area contributed by atoms with E-state index < -0.39 is 0 Å². The van der Waals surface area contributed by atoms with Gasteiger partial charge in [0.1, 0.15) is 17.7 Å². The summed E-state index contributed by atoms with van der Waals surface area (Å²) >= 11 is 0. The Hall–Kier alpha value is -2.48. The molecular weight excluding hydrogens is 320 g/mol. The molecule has 1 aliphatic rings. The van der Waals surface area contributed by atoms with Gasteiger partial charge < -0.3 is 15.0 Å². The second kappa shape index (κ2) is 7.60. The summed E-state index contributed by atoms with van der Waals surface area (Å²) in [6.07, 6.45) is 1.58. The molecule has 1 unspecified atom stereocenters. The fourth-order valence-corrected chi connectivity index (χ4v) is 2.88. The zero-order valence-corrected chi connectivity index (χ0v) is 14.9. The second-order valence-electron chi connectivity index (χ2n) is 6.17. The summed E-state index contributed by atoms with van der Waals surface area (Å²) < 4.78 is 7.75. The summed E-state index contributed by atoms with van der Waals surface area (Å²) in [5, 5.41) is 7.58. The summed E-state index contributed by atoms with van der Waals surface area (Å²) in [7, 11) is 0. The second-order valence-corrected chi connectivity index (χ2v) is 6.17. The van der Waals surface area contributed by atoms with E-state index >= 15 is 0 Å². The largest absolute Gasteiger partial charge is 0.368 e. The molecule has 3 rings (SSSR count). The first-order valence-electron chi connectivity index (χ1n) is 8.48. The minimum absolute atomic E-state index is 0.0621. The van der Waals surface area contributed by atoms with Crippen molar-refractivity contribution in [2.75, 3.05) is 31.6 Å². The van der Waals surface area contributed by atoms with E-state index in [-0.39, 0.29) is 12.0 Å². The van der Waals surface area contributed by atoms with Crippen LogP contribution in [0.15, 0.2) is 18.3 Å². The Morgan fingerprint density at radius 1 is 1.40 bits per heavy atom. The van der Waals surface area contributed by atoms with Crippen LogP contribution in [0.3, 0.4) is 0 Å². The Balaban J connectivity index is 1.65. The van der Waals surface area contributed by atoms with Gasteiger partial charge in [0, 0.05) is 38.0 Å². The highest BCUT2D eigenvalue weighted by molar-refractivity contribution is 5.73. The van der Waals surface area contributed by atoms with Gasteiger partial charge in [-0.3, -0.25) is 9.48 Å². The van der Waals surface area contributed by atoms with Crippen molar-refractivity contribution in [3.8, 4) is 0 Å². The predicted molar refractivity (Wildman–Crippen MR) is 93.2 cm³/mol. The molecule has 0 spiro atoms. The van der Waals surface area contributed by atoms with E-state index in [1.54, 1.807) is 18.0 Å². The highest BCUT2D eigenvalue weighted by Gasteiger charge is 2.25. The number of anilines is 1. The van der Waals surface area contributed by atoms with Gasteiger partial charge in [-0.05, 0) is 19.9 Å². The van der Waals surface area contributed by atoms with Gasteiger partial charge in [0.25, 0.3) is 0 Å². The van der Waals surface area contributed by atoms with Crippen LogP contribution < -0.4 is 5.32 Å². The van der Waals surface area contributed by atoms with Crippen LogP contribution in [0.25, 0.3) is 0 Å². The van der Waals surface area contributed by atoms with Gasteiger partial charge in [-0.25, -0.2) is 9.97 Å². The maximum Gasteiger partial charge on any atom is 0.219 e. The average molecular weight is 344 g/mol. The summed E-state index contributed by atoms with van der Waals surface area (Å²) in [6, 6.07) is 3.88. The smallest absolute Gasteiger partial charge is 0.219 e. The van der Waals surface area contributed by atoms with Crippen molar-refractivity contribution in [1.29, 1.82) is 0 Å². The molecule has 1 atom stereocenters. The molecule has 25 heavy (non-hydrogen) atoms. The molecule has 2 aromatic heterocycles. The number of rotatable bonds is 5. The van der Waals surface area contributed by atoms with Crippen LogP contribution in [-0.4, -0.2) is 56.8 Å². The molecule has 0 aliphatic carbocycles. The number of carbonyl (C=O) groups excluding carboxylic acids is 1. The molecule has 3 heterocycles. The maximum atomic E-state index is 11.6. The van der Waals surface area contributed by atoms with Crippen LogP contribution in [0, 0.1) is 13.8 Å². The monoisotopic (exact) mass is 344 g/mol. The zero-order valence-electron chi connectivity index (χ0n) is 14.9. The molecule has 0 radical (unpaired) electrons. The van der Waals surface area contributed by atoms with Crippen LogP contribution >= 0.6 is 0 Å². The van der Waals surface area contributed by atoms with Crippen LogP contribution in [0.2, 0.25) is 0 Å². The third kappa shape index (κ3) is 4.33. The van der Waals surface area contributed by atoms with Crippen molar-refractivity contribution in [3.63, 3.8) is 0 Å². The minimum Gasteiger partial charge on any atom is -0.368 e. The summed E-state index contributed by atoms with van der Waals surface area (Å²) in [4.78, 5) is 22.3. The predicted octanol–water partition coefficient (Wildman–Crippen LogP) is 1.32. The van der Waals surface area contributed by atoms with Crippen LogP contribution in [-0.2, 0) is 16.1 Å². The highest BCUT2D eigenvalue weighted by Crippen LogP contribution is 2.22. The summed E-state index contributed by atoms with van der Waals surface area (Å²) in [5.41, 5.74) is 1.93. The number of hydrogen-bond donors (Lipinski definition) is 1. The van der Waals surface area contributed by atoms with Gasteiger partial charge in [0.05, 0.1) is 25.4 Å². The molecule has 1 N–H and O–H groups in total. The molecule has 0 bridgehead atoms. The van der Waals surface area contributed by atoms with Gasteiger partial charge in [0.15, 0.2) is 0 Å². The molecule has 2 aromatic rings. The van der Waals surface area contributed by atoms with Gasteiger partial charge in [0.2, 0.25) is 5.91 Å². The highest BCUT2D eigenvalue weighted by atomic mass is 16.5. The topological polar surface area (TPSA) is 85.2 Å². The molecule has 0 aromatic carbocycles. The van der Waals surface area contributed by atoms with Crippen LogP contribution in [0.4, 0.5) is 5.82 Å². The first-order chi connectivity index (χ1) is 12.0. The number of morpholine rings is 1. The van der Waals surface area contributed by atoms with E-state index in [1.807, 2.05) is 30.7 Å².